The predicted octanol–water partition coefficient (Wildman–Crippen LogP) is 1.44. The van der Waals surface area contributed by atoms with Gasteiger partial charge < -0.3 is 4.74 Å². The minimum absolute atomic E-state index is 0. The van der Waals surface area contributed by atoms with Crippen LogP contribution in [0.2, 0.25) is 0 Å². The molecule has 0 aliphatic carbocycles. The van der Waals surface area contributed by atoms with Crippen LogP contribution in [-0.2, 0) is 4.74 Å². The Hall–Kier alpha value is 0.557. The largest absolute Gasteiger partial charge is 0.381 e. The normalized spacial score (nSPS) is 8.25. The average molecular weight is 109 g/mol. The molecule has 0 saturated heterocycles. The van der Waals surface area contributed by atoms with Gasteiger partial charge in [0, 0.05) is 32.1 Å². The molecule has 0 aromatic heterocycles. The van der Waals surface area contributed by atoms with Crippen LogP contribution >= 0.6 is 0 Å². The predicted molar refractivity (Wildman–Crippen MR) is 37.2 cm³/mol. The van der Waals surface area contributed by atoms with Crippen molar-refractivity contribution in [2.24, 2.45) is 0 Å². The molecule has 45 valence electrons. The summed E-state index contributed by atoms with van der Waals surface area (Å²) < 4.78 is 5.13. The van der Waals surface area contributed by atoms with E-state index in [0.29, 0.717) is 0 Å². The Morgan fingerprint density at radius 1 is 1.00 bits per heavy atom. The van der Waals surface area contributed by atoms with Gasteiger partial charge in [-0.05, 0) is 12.8 Å². The second-order valence-electron chi connectivity index (χ2n) is 1.61. The molecule has 0 saturated carbocycles. The molecule has 0 aliphatic heterocycles. The van der Waals surface area contributed by atoms with Crippen molar-refractivity contribution in [3.05, 3.63) is 0 Å². The van der Waals surface area contributed by atoms with E-state index in [1.165, 1.54) is 0 Å². The molecule has 0 heterocycles. The van der Waals surface area contributed by atoms with E-state index < -0.39 is 0 Å². The van der Waals surface area contributed by atoms with Crippen LogP contribution in [0.4, 0.5) is 0 Å². The summed E-state index contributed by atoms with van der Waals surface area (Å²) in [5.41, 5.74) is 0. The van der Waals surface area contributed by atoms with Gasteiger partial charge in [-0.15, -0.1) is 0 Å². The topological polar surface area (TPSA) is 9.23 Å². The average Bonchev–Trinajstić information content (AvgIpc) is 1.69. The third-order valence-electron chi connectivity index (χ3n) is 0.697. The van der Waals surface area contributed by atoms with Crippen LogP contribution in [0, 0.1) is 0 Å². The Bertz CT molecular complexity index is 27.7. The molecule has 1 nitrogen and oxygen atoms in total. The molecule has 0 atom stereocenters. The maximum atomic E-state index is 5.13. The number of rotatable bonds is 4. The summed E-state index contributed by atoms with van der Waals surface area (Å²) in [6.45, 7) is 6.09. The molecular formula is C6H14LiO. The Labute approximate surface area is 64.0 Å². The third kappa shape index (κ3) is 9.75. The van der Waals surface area contributed by atoms with E-state index in [0.717, 1.165) is 26.1 Å². The first-order chi connectivity index (χ1) is 3.41. The summed E-state index contributed by atoms with van der Waals surface area (Å²) >= 11 is 0. The minimum Gasteiger partial charge on any atom is -0.381 e. The maximum Gasteiger partial charge on any atom is 0.0463 e. The zero-order valence-electron chi connectivity index (χ0n) is 6.24. The van der Waals surface area contributed by atoms with Crippen molar-refractivity contribution in [2.75, 3.05) is 13.2 Å². The van der Waals surface area contributed by atoms with E-state index in [4.69, 9.17) is 4.74 Å². The molecule has 8 heavy (non-hydrogen) atoms. The van der Waals surface area contributed by atoms with Gasteiger partial charge in [0.05, 0.1) is 0 Å². The van der Waals surface area contributed by atoms with Gasteiger partial charge in [0.25, 0.3) is 0 Å². The monoisotopic (exact) mass is 109 g/mol. The van der Waals surface area contributed by atoms with Crippen molar-refractivity contribution in [2.45, 2.75) is 26.7 Å². The summed E-state index contributed by atoms with van der Waals surface area (Å²) in [5.74, 6) is 0. The van der Waals surface area contributed by atoms with Gasteiger partial charge >= 0.3 is 0 Å². The van der Waals surface area contributed by atoms with E-state index in [1.807, 2.05) is 0 Å². The first kappa shape index (κ1) is 11.4. The fraction of sp³-hybridized carbons (Fsp3) is 1.00. The van der Waals surface area contributed by atoms with Crippen LogP contribution in [0.25, 0.3) is 0 Å². The van der Waals surface area contributed by atoms with Gasteiger partial charge in [-0.3, -0.25) is 0 Å². The molecule has 0 spiro atoms. The van der Waals surface area contributed by atoms with E-state index in [-0.39, 0.29) is 18.9 Å². The smallest absolute Gasteiger partial charge is 0.0463 e. The van der Waals surface area contributed by atoms with Gasteiger partial charge in [-0.25, -0.2) is 0 Å². The van der Waals surface area contributed by atoms with Crippen molar-refractivity contribution >= 4 is 18.9 Å². The van der Waals surface area contributed by atoms with E-state index in [2.05, 4.69) is 13.8 Å². The summed E-state index contributed by atoms with van der Waals surface area (Å²) in [7, 11) is 0. The Kier molecular flexibility index (Phi) is 14.9. The van der Waals surface area contributed by atoms with Crippen LogP contribution < -0.4 is 0 Å². The second-order valence-corrected chi connectivity index (χ2v) is 1.61. The van der Waals surface area contributed by atoms with Crippen molar-refractivity contribution in [1.29, 1.82) is 0 Å². The fourth-order valence-electron chi connectivity index (χ4n) is 0.391. The summed E-state index contributed by atoms with van der Waals surface area (Å²) in [4.78, 5) is 0. The molecule has 0 fully saturated rings. The van der Waals surface area contributed by atoms with Crippen LogP contribution in [-0.4, -0.2) is 32.1 Å². The fourth-order valence-corrected chi connectivity index (χ4v) is 0.391. The standard InChI is InChI=1S/C6H14O.Li/c1-3-5-7-6-4-2;/h3-6H2,1-2H3;. The van der Waals surface area contributed by atoms with Gasteiger partial charge in [0.1, 0.15) is 0 Å². The Morgan fingerprint density at radius 2 is 1.38 bits per heavy atom. The second kappa shape index (κ2) is 10.5. The molecule has 0 amide bonds. The first-order valence-corrected chi connectivity index (χ1v) is 2.99. The zero-order chi connectivity index (χ0) is 5.54. The quantitative estimate of drug-likeness (QED) is 0.392. The molecular weight excluding hydrogens is 95.0 g/mol. The van der Waals surface area contributed by atoms with Crippen LogP contribution in [0.3, 0.4) is 0 Å². The number of hydrogen-bond acceptors (Lipinski definition) is 1. The van der Waals surface area contributed by atoms with E-state index >= 15 is 0 Å². The Morgan fingerprint density at radius 3 is 1.62 bits per heavy atom. The van der Waals surface area contributed by atoms with E-state index in [1.54, 1.807) is 0 Å². The van der Waals surface area contributed by atoms with Crippen molar-refractivity contribution < 1.29 is 4.74 Å². The molecule has 0 rings (SSSR count). The molecule has 0 aliphatic rings. The molecule has 1 radical (unpaired) electrons. The van der Waals surface area contributed by atoms with E-state index in [9.17, 15) is 0 Å². The van der Waals surface area contributed by atoms with Crippen molar-refractivity contribution in [3.63, 3.8) is 0 Å². The summed E-state index contributed by atoms with van der Waals surface area (Å²) in [6, 6.07) is 0. The van der Waals surface area contributed by atoms with Crippen LogP contribution in [0.1, 0.15) is 26.7 Å². The van der Waals surface area contributed by atoms with Crippen molar-refractivity contribution in [3.8, 4) is 0 Å². The Balaban J connectivity index is 0. The summed E-state index contributed by atoms with van der Waals surface area (Å²) in [5, 5.41) is 0. The molecule has 0 unspecified atom stereocenters. The van der Waals surface area contributed by atoms with Gasteiger partial charge in [0.2, 0.25) is 0 Å². The van der Waals surface area contributed by atoms with Gasteiger partial charge in [0.15, 0.2) is 0 Å². The molecule has 0 aromatic rings. The molecule has 0 bridgehead atoms. The van der Waals surface area contributed by atoms with Gasteiger partial charge in [-0.2, -0.15) is 0 Å². The SMILES string of the molecule is CCCOCCC.[Li]. The molecule has 2 heteroatoms. The number of hydrogen-bond donors (Lipinski definition) is 0. The maximum absolute atomic E-state index is 5.13. The van der Waals surface area contributed by atoms with Crippen LogP contribution in [0.5, 0.6) is 0 Å². The molecule has 0 aromatic carbocycles. The molecule has 0 N–H and O–H groups in total. The zero-order valence-corrected chi connectivity index (χ0v) is 6.24. The van der Waals surface area contributed by atoms with Crippen LogP contribution in [0.15, 0.2) is 0 Å². The number of ether oxygens (including phenoxy) is 1. The van der Waals surface area contributed by atoms with Gasteiger partial charge in [-0.1, -0.05) is 13.8 Å². The first-order valence-electron chi connectivity index (χ1n) is 2.99. The minimum atomic E-state index is 0. The summed E-state index contributed by atoms with van der Waals surface area (Å²) in [6.07, 6.45) is 2.28. The van der Waals surface area contributed by atoms with Crippen molar-refractivity contribution in [1.82, 2.24) is 0 Å². The third-order valence-corrected chi connectivity index (χ3v) is 0.697.